The largest absolute Gasteiger partial charge is 0.469 e. The van der Waals surface area contributed by atoms with E-state index >= 15 is 0 Å². The van der Waals surface area contributed by atoms with Crippen LogP contribution in [0, 0.1) is 0 Å². The Labute approximate surface area is 57.3 Å². The maximum Gasteiger partial charge on any atom is 0.313 e. The summed E-state index contributed by atoms with van der Waals surface area (Å²) in [5.74, 6) is -1.24. The highest BCUT2D eigenvalue weighted by atomic mass is 16.5. The van der Waals surface area contributed by atoms with Gasteiger partial charge in [0.15, 0.2) is 5.78 Å². The third-order valence-electron chi connectivity index (χ3n) is 0.748. The predicted octanol–water partition coefficient (Wildman–Crippen LogP) is -0.421. The van der Waals surface area contributed by atoms with Gasteiger partial charge in [0, 0.05) is 0 Å². The molecular weight excluding hydrogens is 138 g/mol. The second-order valence-electron chi connectivity index (χ2n) is 1.46. The van der Waals surface area contributed by atoms with Crippen molar-refractivity contribution in [1.29, 1.82) is 0 Å². The van der Waals surface area contributed by atoms with E-state index < -0.39 is 11.8 Å². The highest BCUT2D eigenvalue weighted by Crippen LogP contribution is 1.83. The predicted molar refractivity (Wildman–Crippen MR) is 31.9 cm³/mol. The Morgan fingerprint density at radius 1 is 1.70 bits per heavy atom. The summed E-state index contributed by atoms with van der Waals surface area (Å²) in [6.07, 6.45) is 0.261. The average molecular weight is 145 g/mol. The number of carbonyl (C=O) groups excluding carboxylic acids is 2. The Bertz CT molecular complexity index is 163. The van der Waals surface area contributed by atoms with Crippen molar-refractivity contribution in [2.24, 2.45) is 5.16 Å². The third-order valence-corrected chi connectivity index (χ3v) is 0.748. The third kappa shape index (κ3) is 3.59. The van der Waals surface area contributed by atoms with Crippen LogP contribution in [0.25, 0.3) is 0 Å². The fourth-order valence-electron chi connectivity index (χ4n) is 0.324. The molecule has 56 valence electrons. The van der Waals surface area contributed by atoms with Crippen molar-refractivity contribution in [3.63, 3.8) is 0 Å². The zero-order valence-corrected chi connectivity index (χ0v) is 5.40. The summed E-state index contributed by atoms with van der Waals surface area (Å²) < 4.78 is 4.16. The maximum atomic E-state index is 10.4. The summed E-state index contributed by atoms with van der Waals surface area (Å²) in [7, 11) is 1.17. The number of methoxy groups -OCH3 is 1. The van der Waals surface area contributed by atoms with Crippen molar-refractivity contribution < 1.29 is 19.5 Å². The van der Waals surface area contributed by atoms with E-state index in [-0.39, 0.29) is 6.42 Å². The van der Waals surface area contributed by atoms with Crippen molar-refractivity contribution in [3.8, 4) is 0 Å². The molecule has 0 fully saturated rings. The van der Waals surface area contributed by atoms with E-state index in [0.717, 1.165) is 0 Å². The van der Waals surface area contributed by atoms with Crippen LogP contribution in [0.2, 0.25) is 0 Å². The highest BCUT2D eigenvalue weighted by Gasteiger charge is 2.05. The highest BCUT2D eigenvalue weighted by molar-refractivity contribution is 6.30. The molecule has 0 aliphatic carbocycles. The Morgan fingerprint density at radius 2 is 2.30 bits per heavy atom. The fraction of sp³-hybridized carbons (Fsp3) is 0.400. The summed E-state index contributed by atoms with van der Waals surface area (Å²) in [6.45, 7) is 0. The first-order valence-corrected chi connectivity index (χ1v) is 2.47. The van der Waals surface area contributed by atoms with Crippen LogP contribution in [-0.2, 0) is 14.3 Å². The van der Waals surface area contributed by atoms with Gasteiger partial charge >= 0.3 is 5.97 Å². The lowest BCUT2D eigenvalue weighted by atomic mass is 10.3. The minimum absolute atomic E-state index is 0.388. The van der Waals surface area contributed by atoms with Crippen LogP contribution in [-0.4, -0.2) is 30.3 Å². The lowest BCUT2D eigenvalue weighted by molar-refractivity contribution is -0.142. The molecule has 0 saturated heterocycles. The first-order chi connectivity index (χ1) is 4.70. The molecule has 5 nitrogen and oxygen atoms in total. The molecule has 10 heavy (non-hydrogen) atoms. The van der Waals surface area contributed by atoms with Gasteiger partial charge in [0.25, 0.3) is 0 Å². The summed E-state index contributed by atoms with van der Waals surface area (Å²) in [5.41, 5.74) is 0. The van der Waals surface area contributed by atoms with Crippen LogP contribution < -0.4 is 0 Å². The zero-order valence-electron chi connectivity index (χ0n) is 5.40. The van der Waals surface area contributed by atoms with Crippen LogP contribution in [0.1, 0.15) is 6.42 Å². The number of esters is 1. The molecule has 0 atom stereocenters. The van der Waals surface area contributed by atoms with Gasteiger partial charge in [0.05, 0.1) is 7.11 Å². The zero-order chi connectivity index (χ0) is 7.98. The number of nitrogens with zero attached hydrogens (tertiary/aromatic N) is 1. The van der Waals surface area contributed by atoms with Crippen molar-refractivity contribution in [3.05, 3.63) is 0 Å². The van der Waals surface area contributed by atoms with Gasteiger partial charge in [0.2, 0.25) is 0 Å². The summed E-state index contributed by atoms with van der Waals surface area (Å²) in [5, 5.41) is 10.3. The number of oxime groups is 1. The second kappa shape index (κ2) is 4.49. The number of ether oxygens (including phenoxy) is 1. The molecule has 0 saturated carbocycles. The van der Waals surface area contributed by atoms with Crippen molar-refractivity contribution in [1.82, 2.24) is 0 Å². The number of hydrogen-bond donors (Lipinski definition) is 1. The lowest BCUT2D eigenvalue weighted by Gasteiger charge is -1.91. The molecule has 0 bridgehead atoms. The van der Waals surface area contributed by atoms with E-state index in [1.165, 1.54) is 7.11 Å². The maximum absolute atomic E-state index is 10.4. The number of ketones is 1. The molecule has 0 rings (SSSR count). The SMILES string of the molecule is COC(=O)CC(=O)/C=N/O. The summed E-state index contributed by atoms with van der Waals surface area (Å²) >= 11 is 0. The van der Waals surface area contributed by atoms with Gasteiger partial charge in [-0.25, -0.2) is 0 Å². The average Bonchev–Trinajstić information content (AvgIpc) is 1.88. The number of rotatable bonds is 3. The topological polar surface area (TPSA) is 76.0 Å². The van der Waals surface area contributed by atoms with Gasteiger partial charge in [-0.1, -0.05) is 5.16 Å². The van der Waals surface area contributed by atoms with Gasteiger partial charge in [-0.05, 0) is 0 Å². The van der Waals surface area contributed by atoms with Crippen LogP contribution >= 0.6 is 0 Å². The molecular formula is C5H7NO4. The standard InChI is InChI=1S/C5H7NO4/c1-10-5(8)2-4(7)3-6-9/h3,9H,2H2,1H3/b6-3+. The van der Waals surface area contributed by atoms with Crippen molar-refractivity contribution >= 4 is 18.0 Å². The molecule has 0 aliphatic rings. The Hall–Kier alpha value is -1.39. The Kier molecular flexibility index (Phi) is 3.86. The second-order valence-corrected chi connectivity index (χ2v) is 1.46. The van der Waals surface area contributed by atoms with Crippen molar-refractivity contribution in [2.75, 3.05) is 7.11 Å². The van der Waals surface area contributed by atoms with Crippen LogP contribution in [0.4, 0.5) is 0 Å². The van der Waals surface area contributed by atoms with Gasteiger partial charge in [0.1, 0.15) is 12.6 Å². The normalized spacial score (nSPS) is 9.70. The molecule has 0 amide bonds. The molecule has 0 heterocycles. The first-order valence-electron chi connectivity index (χ1n) is 2.47. The molecule has 0 spiro atoms. The van der Waals surface area contributed by atoms with Gasteiger partial charge in [-0.3, -0.25) is 9.59 Å². The molecule has 1 N–H and O–H groups in total. The summed E-state index contributed by atoms with van der Waals surface area (Å²) in [4.78, 5) is 20.7. The van der Waals surface area contributed by atoms with Crippen molar-refractivity contribution in [2.45, 2.75) is 6.42 Å². The Balaban J connectivity index is 3.68. The monoisotopic (exact) mass is 145 g/mol. The number of Topliss-reactive ketones (excluding diaryl/α,β-unsaturated/α-hetero) is 1. The van der Waals surface area contributed by atoms with E-state index in [1.807, 2.05) is 0 Å². The molecule has 0 aromatic carbocycles. The van der Waals surface area contributed by atoms with Crippen LogP contribution in [0.5, 0.6) is 0 Å². The molecule has 0 unspecified atom stereocenters. The van der Waals surface area contributed by atoms with Gasteiger partial charge in [-0.15, -0.1) is 0 Å². The van der Waals surface area contributed by atoms with E-state index in [4.69, 9.17) is 5.21 Å². The number of carbonyl (C=O) groups is 2. The Morgan fingerprint density at radius 3 is 2.70 bits per heavy atom. The minimum Gasteiger partial charge on any atom is -0.469 e. The fourth-order valence-corrected chi connectivity index (χ4v) is 0.324. The lowest BCUT2D eigenvalue weighted by Crippen LogP contribution is -2.09. The van der Waals surface area contributed by atoms with E-state index in [9.17, 15) is 9.59 Å². The molecule has 0 aliphatic heterocycles. The van der Waals surface area contributed by atoms with Crippen LogP contribution in [0.15, 0.2) is 5.16 Å². The summed E-state index contributed by atoms with van der Waals surface area (Å²) in [6, 6.07) is 0. The van der Waals surface area contributed by atoms with E-state index in [2.05, 4.69) is 9.89 Å². The van der Waals surface area contributed by atoms with E-state index in [1.54, 1.807) is 0 Å². The van der Waals surface area contributed by atoms with Crippen LogP contribution in [0.3, 0.4) is 0 Å². The quantitative estimate of drug-likeness (QED) is 0.192. The minimum atomic E-state index is -0.648. The van der Waals surface area contributed by atoms with E-state index in [0.29, 0.717) is 6.21 Å². The number of hydrogen-bond acceptors (Lipinski definition) is 5. The van der Waals surface area contributed by atoms with Gasteiger partial charge < -0.3 is 9.94 Å². The molecule has 0 aromatic rings. The smallest absolute Gasteiger partial charge is 0.313 e. The van der Waals surface area contributed by atoms with Gasteiger partial charge in [-0.2, -0.15) is 0 Å². The molecule has 0 aromatic heterocycles. The molecule has 0 radical (unpaired) electrons. The molecule has 5 heteroatoms. The first kappa shape index (κ1) is 8.61.